The Hall–Kier alpha value is -2.40. The highest BCUT2D eigenvalue weighted by atomic mass is 35.5. The molecule has 0 amide bonds. The summed E-state index contributed by atoms with van der Waals surface area (Å²) >= 11 is 5.70. The maximum absolute atomic E-state index is 12.0. The van der Waals surface area contributed by atoms with Crippen molar-refractivity contribution in [3.63, 3.8) is 0 Å². The van der Waals surface area contributed by atoms with Crippen LogP contribution < -0.4 is 0 Å². The van der Waals surface area contributed by atoms with Crippen LogP contribution in [-0.4, -0.2) is 10.9 Å². The number of nitrogens with zero attached hydrogens (tertiary/aromatic N) is 1. The number of carbonyl (C=O) groups excluding carboxylic acids is 1. The summed E-state index contributed by atoms with van der Waals surface area (Å²) < 4.78 is 5.29. The van der Waals surface area contributed by atoms with Crippen molar-refractivity contribution in [2.45, 2.75) is 13.0 Å². The monoisotopic (exact) mass is 305 g/mol. The van der Waals surface area contributed by atoms with E-state index in [9.17, 15) is 14.9 Å². The second-order valence-corrected chi connectivity index (χ2v) is 4.79. The molecule has 0 fully saturated rings. The fourth-order valence-corrected chi connectivity index (χ4v) is 1.99. The molecule has 5 nitrogen and oxygen atoms in total. The van der Waals surface area contributed by atoms with Gasteiger partial charge in [-0.1, -0.05) is 41.9 Å². The van der Waals surface area contributed by atoms with E-state index in [0.717, 1.165) is 11.6 Å². The van der Waals surface area contributed by atoms with Gasteiger partial charge in [0, 0.05) is 6.07 Å². The first-order valence-electron chi connectivity index (χ1n) is 6.19. The summed E-state index contributed by atoms with van der Waals surface area (Å²) in [7, 11) is 0. The minimum absolute atomic E-state index is 0.0207. The Morgan fingerprint density at radius 2 is 1.90 bits per heavy atom. The molecule has 0 aliphatic heterocycles. The van der Waals surface area contributed by atoms with Gasteiger partial charge in [0.1, 0.15) is 11.1 Å². The summed E-state index contributed by atoms with van der Waals surface area (Å²) in [6.45, 7) is 1.73. The molecule has 0 saturated carbocycles. The molecule has 0 aliphatic rings. The first kappa shape index (κ1) is 15.0. The lowest BCUT2D eigenvalue weighted by Crippen LogP contribution is -2.09. The zero-order valence-corrected chi connectivity index (χ0v) is 11.9. The van der Waals surface area contributed by atoms with Crippen molar-refractivity contribution in [1.82, 2.24) is 0 Å². The molecular formula is C15H12ClNO4. The summed E-state index contributed by atoms with van der Waals surface area (Å²) in [5, 5.41) is 10.8. The average molecular weight is 306 g/mol. The quantitative estimate of drug-likeness (QED) is 0.483. The summed E-state index contributed by atoms with van der Waals surface area (Å²) in [6, 6.07) is 13.0. The van der Waals surface area contributed by atoms with Gasteiger partial charge in [-0.25, -0.2) is 4.79 Å². The van der Waals surface area contributed by atoms with E-state index in [-0.39, 0.29) is 16.3 Å². The van der Waals surface area contributed by atoms with Gasteiger partial charge in [-0.15, -0.1) is 0 Å². The summed E-state index contributed by atoms with van der Waals surface area (Å²) in [5.74, 6) is -0.633. The second kappa shape index (κ2) is 6.37. The van der Waals surface area contributed by atoms with Crippen LogP contribution in [0.25, 0.3) is 0 Å². The molecule has 2 aromatic rings. The lowest BCUT2D eigenvalue weighted by Gasteiger charge is -2.13. The summed E-state index contributed by atoms with van der Waals surface area (Å²) in [6.07, 6.45) is -0.451. The van der Waals surface area contributed by atoms with Crippen molar-refractivity contribution in [2.24, 2.45) is 0 Å². The van der Waals surface area contributed by atoms with Crippen LogP contribution in [-0.2, 0) is 4.74 Å². The number of esters is 1. The number of nitro groups is 1. The van der Waals surface area contributed by atoms with Gasteiger partial charge in [-0.05, 0) is 24.6 Å². The predicted molar refractivity (Wildman–Crippen MR) is 78.4 cm³/mol. The number of hydrogen-bond acceptors (Lipinski definition) is 4. The zero-order valence-electron chi connectivity index (χ0n) is 11.2. The van der Waals surface area contributed by atoms with E-state index in [4.69, 9.17) is 16.3 Å². The average Bonchev–Trinajstić information content (AvgIpc) is 2.48. The fraction of sp³-hybridized carbons (Fsp3) is 0.133. The Balaban J connectivity index is 2.17. The molecule has 0 N–H and O–H groups in total. The van der Waals surface area contributed by atoms with Gasteiger partial charge >= 0.3 is 5.97 Å². The SMILES string of the molecule is CC(OC(=O)c1ccc(Cl)c([N+](=O)[O-])c1)c1ccccc1. The predicted octanol–water partition coefficient (Wildman–Crippen LogP) is 4.17. The molecule has 1 atom stereocenters. The first-order chi connectivity index (χ1) is 9.99. The topological polar surface area (TPSA) is 69.4 Å². The standard InChI is InChI=1S/C15H12ClNO4/c1-10(11-5-3-2-4-6-11)21-15(18)12-7-8-13(16)14(9-12)17(19)20/h2-10H,1H3. The molecule has 0 spiro atoms. The van der Waals surface area contributed by atoms with Gasteiger partial charge in [0.15, 0.2) is 0 Å². The highest BCUT2D eigenvalue weighted by Crippen LogP contribution is 2.26. The van der Waals surface area contributed by atoms with E-state index in [1.165, 1.54) is 12.1 Å². The molecule has 0 aromatic heterocycles. The normalized spacial score (nSPS) is 11.7. The first-order valence-corrected chi connectivity index (χ1v) is 6.56. The molecule has 2 rings (SSSR count). The molecule has 21 heavy (non-hydrogen) atoms. The van der Waals surface area contributed by atoms with Gasteiger partial charge < -0.3 is 4.74 Å². The van der Waals surface area contributed by atoms with Gasteiger partial charge in [0.05, 0.1) is 10.5 Å². The molecular weight excluding hydrogens is 294 g/mol. The maximum atomic E-state index is 12.0. The molecule has 2 aromatic carbocycles. The number of ether oxygens (including phenoxy) is 1. The van der Waals surface area contributed by atoms with Crippen molar-refractivity contribution >= 4 is 23.3 Å². The second-order valence-electron chi connectivity index (χ2n) is 4.38. The van der Waals surface area contributed by atoms with Crippen LogP contribution in [0.5, 0.6) is 0 Å². The molecule has 108 valence electrons. The van der Waals surface area contributed by atoms with Gasteiger partial charge in [0.25, 0.3) is 5.69 Å². The van der Waals surface area contributed by atoms with Gasteiger partial charge in [-0.2, -0.15) is 0 Å². The smallest absolute Gasteiger partial charge is 0.338 e. The Morgan fingerprint density at radius 3 is 2.52 bits per heavy atom. The lowest BCUT2D eigenvalue weighted by molar-refractivity contribution is -0.384. The van der Waals surface area contributed by atoms with Crippen molar-refractivity contribution in [3.05, 3.63) is 74.8 Å². The van der Waals surface area contributed by atoms with Crippen molar-refractivity contribution in [1.29, 1.82) is 0 Å². The Bertz CT molecular complexity index is 673. The highest BCUT2D eigenvalue weighted by molar-refractivity contribution is 6.32. The van der Waals surface area contributed by atoms with Crippen molar-refractivity contribution < 1.29 is 14.5 Å². The third-order valence-corrected chi connectivity index (χ3v) is 3.25. The van der Waals surface area contributed by atoms with Crippen LogP contribution in [0.2, 0.25) is 5.02 Å². The van der Waals surface area contributed by atoms with E-state index < -0.39 is 17.0 Å². The minimum Gasteiger partial charge on any atom is -0.454 e. The van der Waals surface area contributed by atoms with Gasteiger partial charge in [-0.3, -0.25) is 10.1 Å². The Kier molecular flexibility index (Phi) is 4.55. The van der Waals surface area contributed by atoms with E-state index in [2.05, 4.69) is 0 Å². The lowest BCUT2D eigenvalue weighted by atomic mass is 10.1. The van der Waals surface area contributed by atoms with Crippen LogP contribution in [0.1, 0.15) is 28.9 Å². The van der Waals surface area contributed by atoms with E-state index >= 15 is 0 Å². The Morgan fingerprint density at radius 1 is 1.24 bits per heavy atom. The molecule has 1 unspecified atom stereocenters. The largest absolute Gasteiger partial charge is 0.454 e. The van der Waals surface area contributed by atoms with Gasteiger partial charge in [0.2, 0.25) is 0 Å². The number of hydrogen-bond donors (Lipinski definition) is 0. The minimum atomic E-state index is -0.639. The van der Waals surface area contributed by atoms with E-state index in [0.29, 0.717) is 0 Å². The molecule has 0 saturated heterocycles. The fourth-order valence-electron chi connectivity index (χ4n) is 1.80. The number of halogens is 1. The third-order valence-electron chi connectivity index (χ3n) is 2.93. The number of carbonyl (C=O) groups is 1. The van der Waals surface area contributed by atoms with Crippen LogP contribution in [0.15, 0.2) is 48.5 Å². The van der Waals surface area contributed by atoms with Crippen LogP contribution in [0.4, 0.5) is 5.69 Å². The highest BCUT2D eigenvalue weighted by Gasteiger charge is 2.19. The van der Waals surface area contributed by atoms with Crippen molar-refractivity contribution in [2.75, 3.05) is 0 Å². The van der Waals surface area contributed by atoms with E-state index in [1.54, 1.807) is 6.92 Å². The maximum Gasteiger partial charge on any atom is 0.338 e. The molecule has 0 heterocycles. The number of benzene rings is 2. The third kappa shape index (κ3) is 3.58. The van der Waals surface area contributed by atoms with Crippen LogP contribution >= 0.6 is 11.6 Å². The number of rotatable bonds is 4. The number of nitro benzene ring substituents is 1. The van der Waals surface area contributed by atoms with Crippen molar-refractivity contribution in [3.8, 4) is 0 Å². The molecule has 6 heteroatoms. The molecule has 0 bridgehead atoms. The summed E-state index contributed by atoms with van der Waals surface area (Å²) in [5.41, 5.74) is 0.613. The molecule has 0 aliphatic carbocycles. The van der Waals surface area contributed by atoms with Crippen LogP contribution in [0.3, 0.4) is 0 Å². The Labute approximate surface area is 126 Å². The zero-order chi connectivity index (χ0) is 15.4. The summed E-state index contributed by atoms with van der Waals surface area (Å²) in [4.78, 5) is 22.2. The molecule has 0 radical (unpaired) electrons. The van der Waals surface area contributed by atoms with Crippen LogP contribution in [0, 0.1) is 10.1 Å². The van der Waals surface area contributed by atoms with E-state index in [1.807, 2.05) is 30.3 Å².